The van der Waals surface area contributed by atoms with Crippen molar-refractivity contribution in [3.63, 3.8) is 0 Å². The maximum absolute atomic E-state index is 5.29. The molecule has 1 N–H and O–H groups in total. The average Bonchev–Trinajstić information content (AvgIpc) is 2.20. The Morgan fingerprint density at radius 2 is 1.75 bits per heavy atom. The second-order valence-electron chi connectivity index (χ2n) is 4.25. The lowest BCUT2D eigenvalue weighted by Crippen LogP contribution is -2.20. The van der Waals surface area contributed by atoms with E-state index in [1.54, 1.807) is 0 Å². The first kappa shape index (κ1) is 13.2. The van der Waals surface area contributed by atoms with Crippen molar-refractivity contribution < 1.29 is 4.74 Å². The van der Waals surface area contributed by atoms with Crippen LogP contribution in [0.1, 0.15) is 29.2 Å². The van der Waals surface area contributed by atoms with Crippen LogP contribution in [0.15, 0.2) is 12.1 Å². The predicted octanol–water partition coefficient (Wildman–Crippen LogP) is 2.74. The van der Waals surface area contributed by atoms with Gasteiger partial charge >= 0.3 is 0 Å². The molecule has 1 aromatic carbocycles. The summed E-state index contributed by atoms with van der Waals surface area (Å²) < 4.78 is 5.29. The van der Waals surface area contributed by atoms with E-state index in [0.29, 0.717) is 0 Å². The van der Waals surface area contributed by atoms with Crippen LogP contribution in [-0.4, -0.2) is 19.8 Å². The Labute approximate surface area is 99.0 Å². The molecule has 1 aromatic rings. The minimum atomic E-state index is 0.792. The van der Waals surface area contributed by atoms with Gasteiger partial charge in [0, 0.05) is 19.7 Å². The smallest absolute Gasteiger partial charge is 0.0590 e. The van der Waals surface area contributed by atoms with E-state index in [0.717, 1.165) is 26.3 Å². The molecule has 2 heteroatoms. The van der Waals surface area contributed by atoms with E-state index in [1.807, 2.05) is 6.92 Å². The Morgan fingerprint density at radius 1 is 1.12 bits per heavy atom. The Hall–Kier alpha value is -0.860. The minimum Gasteiger partial charge on any atom is -0.380 e. The van der Waals surface area contributed by atoms with Crippen LogP contribution in [0.5, 0.6) is 0 Å². The van der Waals surface area contributed by atoms with Gasteiger partial charge in [0.2, 0.25) is 0 Å². The van der Waals surface area contributed by atoms with Gasteiger partial charge in [0.05, 0.1) is 6.61 Å². The van der Waals surface area contributed by atoms with Gasteiger partial charge in [-0.25, -0.2) is 0 Å². The first-order chi connectivity index (χ1) is 7.65. The van der Waals surface area contributed by atoms with Crippen LogP contribution in [0.3, 0.4) is 0 Å². The largest absolute Gasteiger partial charge is 0.380 e. The molecular weight excluding hydrogens is 198 g/mol. The molecule has 0 spiro atoms. The third kappa shape index (κ3) is 3.95. The fourth-order valence-electron chi connectivity index (χ4n) is 1.99. The van der Waals surface area contributed by atoms with Crippen molar-refractivity contribution >= 4 is 0 Å². The number of benzene rings is 1. The van der Waals surface area contributed by atoms with E-state index in [9.17, 15) is 0 Å². The molecule has 0 aliphatic heterocycles. The Kier molecular flexibility index (Phi) is 5.50. The Bertz CT molecular complexity index is 311. The summed E-state index contributed by atoms with van der Waals surface area (Å²) in [5, 5.41) is 3.41. The number of hydrogen-bond acceptors (Lipinski definition) is 2. The lowest BCUT2D eigenvalue weighted by molar-refractivity contribution is 0.149. The first-order valence-corrected chi connectivity index (χ1v) is 6.00. The topological polar surface area (TPSA) is 21.3 Å². The highest BCUT2D eigenvalue weighted by molar-refractivity contribution is 5.37. The lowest BCUT2D eigenvalue weighted by atomic mass is 10.00. The van der Waals surface area contributed by atoms with Crippen molar-refractivity contribution in [2.24, 2.45) is 0 Å². The van der Waals surface area contributed by atoms with Crippen LogP contribution in [-0.2, 0) is 11.3 Å². The molecule has 0 saturated heterocycles. The summed E-state index contributed by atoms with van der Waals surface area (Å²) >= 11 is 0. The number of aryl methyl sites for hydroxylation is 3. The van der Waals surface area contributed by atoms with Crippen LogP contribution in [0.25, 0.3) is 0 Å². The summed E-state index contributed by atoms with van der Waals surface area (Å²) in [6.45, 7) is 12.0. The normalized spacial score (nSPS) is 10.8. The molecule has 0 unspecified atom stereocenters. The molecular formula is C14H23NO. The van der Waals surface area contributed by atoms with Gasteiger partial charge in [-0.15, -0.1) is 0 Å². The molecule has 0 saturated carbocycles. The molecule has 0 heterocycles. The summed E-state index contributed by atoms with van der Waals surface area (Å²) in [6.07, 6.45) is 0. The highest BCUT2D eigenvalue weighted by atomic mass is 16.5. The van der Waals surface area contributed by atoms with E-state index in [1.165, 1.54) is 22.3 Å². The molecule has 0 fully saturated rings. The summed E-state index contributed by atoms with van der Waals surface area (Å²) in [4.78, 5) is 0. The third-order valence-corrected chi connectivity index (χ3v) is 2.77. The van der Waals surface area contributed by atoms with Crippen LogP contribution in [0, 0.1) is 20.8 Å². The van der Waals surface area contributed by atoms with Crippen molar-refractivity contribution in [3.8, 4) is 0 Å². The van der Waals surface area contributed by atoms with E-state index in [4.69, 9.17) is 4.74 Å². The summed E-state index contributed by atoms with van der Waals surface area (Å²) in [7, 11) is 0. The van der Waals surface area contributed by atoms with E-state index < -0.39 is 0 Å². The van der Waals surface area contributed by atoms with E-state index in [-0.39, 0.29) is 0 Å². The molecule has 2 nitrogen and oxygen atoms in total. The van der Waals surface area contributed by atoms with Crippen molar-refractivity contribution in [3.05, 3.63) is 34.4 Å². The van der Waals surface area contributed by atoms with Crippen LogP contribution < -0.4 is 5.32 Å². The molecule has 1 rings (SSSR count). The van der Waals surface area contributed by atoms with Gasteiger partial charge in [0.15, 0.2) is 0 Å². The van der Waals surface area contributed by atoms with Gasteiger partial charge < -0.3 is 10.1 Å². The maximum Gasteiger partial charge on any atom is 0.0590 e. The standard InChI is InChI=1S/C14H23NO/c1-5-16-7-6-15-10-14-12(3)8-11(2)9-13(14)4/h8-9,15H,5-7,10H2,1-4H3. The molecule has 0 amide bonds. The number of hydrogen-bond donors (Lipinski definition) is 1. The molecule has 16 heavy (non-hydrogen) atoms. The zero-order valence-electron chi connectivity index (χ0n) is 10.9. The van der Waals surface area contributed by atoms with Crippen molar-refractivity contribution in [2.45, 2.75) is 34.2 Å². The van der Waals surface area contributed by atoms with Gasteiger partial charge in [0.1, 0.15) is 0 Å². The van der Waals surface area contributed by atoms with Gasteiger partial charge in [-0.1, -0.05) is 17.7 Å². The monoisotopic (exact) mass is 221 g/mol. The summed E-state index contributed by atoms with van der Waals surface area (Å²) in [5.74, 6) is 0. The molecule has 90 valence electrons. The quantitative estimate of drug-likeness (QED) is 0.746. The summed E-state index contributed by atoms with van der Waals surface area (Å²) in [5.41, 5.74) is 5.51. The van der Waals surface area contributed by atoms with Crippen molar-refractivity contribution in [2.75, 3.05) is 19.8 Å². The Morgan fingerprint density at radius 3 is 2.31 bits per heavy atom. The highest BCUT2D eigenvalue weighted by Crippen LogP contribution is 2.15. The Balaban J connectivity index is 2.47. The second-order valence-corrected chi connectivity index (χ2v) is 4.25. The molecule has 0 bridgehead atoms. The molecule has 0 radical (unpaired) electrons. The number of rotatable bonds is 6. The van der Waals surface area contributed by atoms with Gasteiger partial charge in [-0.05, 0) is 44.4 Å². The molecule has 0 aromatic heterocycles. The van der Waals surface area contributed by atoms with Crippen molar-refractivity contribution in [1.29, 1.82) is 0 Å². The fraction of sp³-hybridized carbons (Fsp3) is 0.571. The van der Waals surface area contributed by atoms with Gasteiger partial charge in [-0.3, -0.25) is 0 Å². The third-order valence-electron chi connectivity index (χ3n) is 2.77. The molecule has 0 atom stereocenters. The zero-order chi connectivity index (χ0) is 12.0. The summed E-state index contributed by atoms with van der Waals surface area (Å²) in [6, 6.07) is 4.49. The number of ether oxygens (including phenoxy) is 1. The van der Waals surface area contributed by atoms with Crippen LogP contribution >= 0.6 is 0 Å². The molecule has 0 aliphatic carbocycles. The average molecular weight is 221 g/mol. The lowest BCUT2D eigenvalue weighted by Gasteiger charge is -2.12. The SMILES string of the molecule is CCOCCNCc1c(C)cc(C)cc1C. The van der Waals surface area contributed by atoms with Gasteiger partial charge in [0.25, 0.3) is 0 Å². The van der Waals surface area contributed by atoms with Crippen LogP contribution in [0.2, 0.25) is 0 Å². The molecule has 0 aliphatic rings. The highest BCUT2D eigenvalue weighted by Gasteiger charge is 2.02. The predicted molar refractivity (Wildman–Crippen MR) is 68.9 cm³/mol. The first-order valence-electron chi connectivity index (χ1n) is 6.00. The van der Waals surface area contributed by atoms with E-state index >= 15 is 0 Å². The van der Waals surface area contributed by atoms with E-state index in [2.05, 4.69) is 38.2 Å². The van der Waals surface area contributed by atoms with Crippen LogP contribution in [0.4, 0.5) is 0 Å². The zero-order valence-corrected chi connectivity index (χ0v) is 10.9. The minimum absolute atomic E-state index is 0.792. The number of nitrogens with one attached hydrogen (secondary N) is 1. The van der Waals surface area contributed by atoms with Crippen molar-refractivity contribution in [1.82, 2.24) is 5.32 Å². The van der Waals surface area contributed by atoms with Gasteiger partial charge in [-0.2, -0.15) is 0 Å². The maximum atomic E-state index is 5.29. The fourth-order valence-corrected chi connectivity index (χ4v) is 1.99. The second kappa shape index (κ2) is 6.66.